The lowest BCUT2D eigenvalue weighted by atomic mass is 9.54. The molecule has 1 saturated heterocycles. The molecule has 0 bridgehead atoms. The fourth-order valence-electron chi connectivity index (χ4n) is 6.57. The van der Waals surface area contributed by atoms with Gasteiger partial charge in [0, 0.05) is 33.5 Å². The number of allylic oxidation sites excluding steroid dienone is 4. The maximum absolute atomic E-state index is 16.3. The van der Waals surface area contributed by atoms with E-state index in [0.29, 0.717) is 12.0 Å². The van der Waals surface area contributed by atoms with Gasteiger partial charge in [0.15, 0.2) is 5.78 Å². The fourth-order valence-corrected chi connectivity index (χ4v) is 7.04. The summed E-state index contributed by atoms with van der Waals surface area (Å²) in [5.74, 6) is -3.06. The Morgan fingerprint density at radius 3 is 2.47 bits per heavy atom. The number of rotatable bonds is 7. The largest absolute Gasteiger partial charge is 0.495 e. The SMILES string of the molecule is COc1cc(C(C)=O)ccc1NC(=O)[C@@H]1N[C@@H](CC(C)(C)C)[C@](C#N)(c2ccc(Cl)cc2F)[C@H]1C1(C)CC=CC(Cl)=C1F. The van der Waals surface area contributed by atoms with Crippen LogP contribution in [0, 0.1) is 33.9 Å². The van der Waals surface area contributed by atoms with E-state index in [2.05, 4.69) is 16.7 Å². The number of nitrogens with one attached hydrogen (secondary N) is 2. The first-order chi connectivity index (χ1) is 20.1. The van der Waals surface area contributed by atoms with E-state index >= 15 is 8.78 Å². The zero-order valence-corrected chi connectivity index (χ0v) is 26.5. The van der Waals surface area contributed by atoms with Crippen LogP contribution in [0.25, 0.3) is 0 Å². The van der Waals surface area contributed by atoms with E-state index < -0.39 is 46.4 Å². The third-order valence-electron chi connectivity index (χ3n) is 8.48. The van der Waals surface area contributed by atoms with Crippen molar-refractivity contribution in [1.82, 2.24) is 5.32 Å². The number of hydrogen-bond donors (Lipinski definition) is 2. The summed E-state index contributed by atoms with van der Waals surface area (Å²) in [7, 11) is 1.41. The van der Waals surface area contributed by atoms with Crippen molar-refractivity contribution in [2.24, 2.45) is 16.7 Å². The number of nitriles is 1. The van der Waals surface area contributed by atoms with Crippen molar-refractivity contribution in [3.63, 3.8) is 0 Å². The molecule has 1 heterocycles. The Morgan fingerprint density at radius 2 is 1.88 bits per heavy atom. The van der Waals surface area contributed by atoms with E-state index in [1.54, 1.807) is 25.1 Å². The molecule has 1 unspecified atom stereocenters. The molecule has 1 aliphatic heterocycles. The second-order valence-electron chi connectivity index (χ2n) is 12.7. The molecule has 228 valence electrons. The molecule has 4 rings (SSSR count). The van der Waals surface area contributed by atoms with E-state index in [9.17, 15) is 14.9 Å². The number of benzene rings is 2. The smallest absolute Gasteiger partial charge is 0.242 e. The standard InChI is InChI=1S/C33H35Cl2F2N3O3/c1-18(41)19-9-12-24(25(14-19)43-6)39-30(42)27-28(32(5)13-7-8-22(35)29(32)37)33(17-38,26(40-27)16-31(2,3)4)21-11-10-20(34)15-23(21)36/h7-12,14-15,26-28,40H,13,16H2,1-6H3,(H,39,42)/t26-,27+,28+,32?,33-/m0/s1. The van der Waals surface area contributed by atoms with Crippen LogP contribution >= 0.6 is 23.2 Å². The number of nitrogens with zero attached hydrogens (tertiary/aromatic N) is 1. The zero-order chi connectivity index (χ0) is 31.9. The van der Waals surface area contributed by atoms with Crippen LogP contribution in [-0.2, 0) is 10.2 Å². The summed E-state index contributed by atoms with van der Waals surface area (Å²) >= 11 is 12.4. The van der Waals surface area contributed by atoms with Gasteiger partial charge in [-0.25, -0.2) is 8.78 Å². The normalized spacial score (nSPS) is 27.1. The van der Waals surface area contributed by atoms with Crippen molar-refractivity contribution in [1.29, 1.82) is 5.26 Å². The van der Waals surface area contributed by atoms with Crippen molar-refractivity contribution < 1.29 is 23.1 Å². The molecular weight excluding hydrogens is 595 g/mol. The molecule has 2 N–H and O–H groups in total. The number of ether oxygens (including phenoxy) is 1. The number of hydrogen-bond acceptors (Lipinski definition) is 5. The summed E-state index contributed by atoms with van der Waals surface area (Å²) in [6, 6.07) is 9.10. The van der Waals surface area contributed by atoms with E-state index in [1.165, 1.54) is 38.3 Å². The minimum Gasteiger partial charge on any atom is -0.495 e. The molecule has 6 nitrogen and oxygen atoms in total. The first-order valence-electron chi connectivity index (χ1n) is 13.9. The van der Waals surface area contributed by atoms with E-state index in [0.717, 1.165) is 6.07 Å². The summed E-state index contributed by atoms with van der Waals surface area (Å²) in [6.07, 6.45) is 3.61. The molecule has 0 saturated carbocycles. The van der Waals surface area contributed by atoms with Gasteiger partial charge in [0.25, 0.3) is 0 Å². The molecular formula is C33H35Cl2F2N3O3. The second kappa shape index (κ2) is 12.0. The monoisotopic (exact) mass is 629 g/mol. The van der Waals surface area contributed by atoms with Gasteiger partial charge in [-0.05, 0) is 61.6 Å². The van der Waals surface area contributed by atoms with E-state index in [1.807, 2.05) is 20.8 Å². The van der Waals surface area contributed by atoms with E-state index in [4.69, 9.17) is 27.9 Å². The van der Waals surface area contributed by atoms with Crippen LogP contribution in [0.1, 0.15) is 63.4 Å². The van der Waals surface area contributed by atoms with Crippen LogP contribution in [0.3, 0.4) is 0 Å². The highest BCUT2D eigenvalue weighted by atomic mass is 35.5. The van der Waals surface area contributed by atoms with Gasteiger partial charge in [-0.1, -0.05) is 63.0 Å². The molecule has 2 aromatic rings. The maximum Gasteiger partial charge on any atom is 0.242 e. The number of anilines is 1. The van der Waals surface area contributed by atoms with Crippen molar-refractivity contribution in [3.05, 3.63) is 81.4 Å². The minimum atomic E-state index is -1.72. The highest BCUT2D eigenvalue weighted by Crippen LogP contribution is 2.59. The number of halogens is 4. The highest BCUT2D eigenvalue weighted by Gasteiger charge is 2.66. The van der Waals surface area contributed by atoms with Crippen LogP contribution in [0.4, 0.5) is 14.5 Å². The lowest BCUT2D eigenvalue weighted by molar-refractivity contribution is -0.120. The van der Waals surface area contributed by atoms with Crippen molar-refractivity contribution in [2.45, 2.75) is 65.0 Å². The fraction of sp³-hybridized carbons (Fsp3) is 0.424. The lowest BCUT2D eigenvalue weighted by Gasteiger charge is -2.46. The first kappa shape index (κ1) is 32.7. The second-order valence-corrected chi connectivity index (χ2v) is 13.5. The van der Waals surface area contributed by atoms with Crippen molar-refractivity contribution in [3.8, 4) is 11.8 Å². The van der Waals surface area contributed by atoms with Crippen LogP contribution in [0.15, 0.2) is 59.4 Å². The molecule has 2 aliphatic rings. The van der Waals surface area contributed by atoms with Gasteiger partial charge < -0.3 is 15.4 Å². The number of ketones is 1. The van der Waals surface area contributed by atoms with E-state index in [-0.39, 0.29) is 44.7 Å². The van der Waals surface area contributed by atoms with Crippen molar-refractivity contribution in [2.75, 3.05) is 12.4 Å². The minimum absolute atomic E-state index is 0.0181. The highest BCUT2D eigenvalue weighted by molar-refractivity contribution is 6.31. The van der Waals surface area contributed by atoms with Crippen LogP contribution in [0.2, 0.25) is 5.02 Å². The number of carbonyl (C=O) groups excluding carboxylic acids is 2. The van der Waals surface area contributed by atoms with Gasteiger partial charge in [0.05, 0.1) is 29.9 Å². The van der Waals surface area contributed by atoms with Gasteiger partial charge in [-0.15, -0.1) is 0 Å². The third kappa shape index (κ3) is 5.95. The molecule has 1 aliphatic carbocycles. The molecule has 1 fully saturated rings. The Labute approximate surface area is 261 Å². The predicted molar refractivity (Wildman–Crippen MR) is 164 cm³/mol. The molecule has 10 heteroatoms. The molecule has 1 amide bonds. The molecule has 0 radical (unpaired) electrons. The number of methoxy groups -OCH3 is 1. The average Bonchev–Trinajstić information content (AvgIpc) is 3.25. The van der Waals surface area contributed by atoms with Crippen LogP contribution < -0.4 is 15.4 Å². The van der Waals surface area contributed by atoms with Gasteiger partial charge in [0.1, 0.15) is 22.8 Å². The maximum atomic E-state index is 16.3. The summed E-state index contributed by atoms with van der Waals surface area (Å²) in [6.45, 7) is 8.95. The van der Waals surface area contributed by atoms with Gasteiger partial charge in [-0.2, -0.15) is 5.26 Å². The number of Topliss-reactive ketones (excluding diaryl/α,β-unsaturated/α-hetero) is 1. The Morgan fingerprint density at radius 1 is 1.19 bits per heavy atom. The van der Waals surface area contributed by atoms with Crippen LogP contribution in [0.5, 0.6) is 5.75 Å². The summed E-state index contributed by atoms with van der Waals surface area (Å²) in [5.41, 5.74) is -2.88. The lowest BCUT2D eigenvalue weighted by Crippen LogP contribution is -2.52. The Balaban J connectivity index is 1.96. The summed E-state index contributed by atoms with van der Waals surface area (Å²) < 4.78 is 37.6. The molecule has 43 heavy (non-hydrogen) atoms. The van der Waals surface area contributed by atoms with Gasteiger partial charge in [-0.3, -0.25) is 9.59 Å². The Bertz CT molecular complexity index is 1560. The summed E-state index contributed by atoms with van der Waals surface area (Å²) in [5, 5.41) is 17.3. The predicted octanol–water partition coefficient (Wildman–Crippen LogP) is 7.87. The third-order valence-corrected chi connectivity index (χ3v) is 9.01. The average molecular weight is 631 g/mol. The summed E-state index contributed by atoms with van der Waals surface area (Å²) in [4.78, 5) is 26.2. The van der Waals surface area contributed by atoms with Gasteiger partial charge in [0.2, 0.25) is 5.91 Å². The first-order valence-corrected chi connectivity index (χ1v) is 14.7. The topological polar surface area (TPSA) is 91.2 Å². The quantitative estimate of drug-likeness (QED) is 0.304. The molecule has 2 aromatic carbocycles. The molecule has 0 aromatic heterocycles. The molecule has 5 atom stereocenters. The van der Waals surface area contributed by atoms with Gasteiger partial charge >= 0.3 is 0 Å². The Hall–Kier alpha value is -3.25. The molecule has 0 spiro atoms. The zero-order valence-electron chi connectivity index (χ0n) is 24.9. The number of carbonyl (C=O) groups is 2. The Kier molecular flexibility index (Phi) is 9.14. The van der Waals surface area contributed by atoms with Crippen molar-refractivity contribution >= 4 is 40.6 Å². The van der Waals surface area contributed by atoms with Crippen LogP contribution in [-0.4, -0.2) is 30.9 Å². The number of amides is 1.